The second kappa shape index (κ2) is 4.91. The first-order valence-electron chi connectivity index (χ1n) is 3.41. The highest BCUT2D eigenvalue weighted by atomic mass is 16.1. The Morgan fingerprint density at radius 2 is 2.20 bits per heavy atom. The lowest BCUT2D eigenvalue weighted by atomic mass is 10.2. The van der Waals surface area contributed by atoms with Crippen molar-refractivity contribution in [2.24, 2.45) is 0 Å². The summed E-state index contributed by atoms with van der Waals surface area (Å²) in [4.78, 5) is 10.1. The van der Waals surface area contributed by atoms with Crippen molar-refractivity contribution in [1.29, 1.82) is 5.41 Å². The van der Waals surface area contributed by atoms with Crippen LogP contribution < -0.4 is 0 Å². The van der Waals surface area contributed by atoms with E-state index in [0.717, 1.165) is 19.1 Å². The van der Waals surface area contributed by atoms with Crippen LogP contribution in [0.15, 0.2) is 11.6 Å². The molecule has 0 spiro atoms. The van der Waals surface area contributed by atoms with Gasteiger partial charge in [0.1, 0.15) is 6.29 Å². The highest BCUT2D eigenvalue weighted by Gasteiger charge is 1.90. The number of carbonyl (C=O) groups is 1. The standard InChI is InChI=1S/C8H13NO/c1-3-4-8(9)5-7(2)6-10/h5-6,9H,3-4H2,1-2H3. The predicted octanol–water partition coefficient (Wildman–Crippen LogP) is 1.95. The zero-order valence-electron chi connectivity index (χ0n) is 6.48. The van der Waals surface area contributed by atoms with E-state index < -0.39 is 0 Å². The Bertz CT molecular complexity index is 159. The minimum atomic E-state index is 0.534. The van der Waals surface area contributed by atoms with Crippen LogP contribution in [0.3, 0.4) is 0 Å². The summed E-state index contributed by atoms with van der Waals surface area (Å²) in [6, 6.07) is 0. The molecule has 0 atom stereocenters. The lowest BCUT2D eigenvalue weighted by molar-refractivity contribution is -0.104. The van der Waals surface area contributed by atoms with Gasteiger partial charge in [-0.15, -0.1) is 0 Å². The molecule has 10 heavy (non-hydrogen) atoms. The third-order valence-corrected chi connectivity index (χ3v) is 1.11. The Balaban J connectivity index is 3.86. The van der Waals surface area contributed by atoms with Crippen molar-refractivity contribution in [3.8, 4) is 0 Å². The number of carbonyl (C=O) groups excluding carboxylic acids is 1. The van der Waals surface area contributed by atoms with Gasteiger partial charge in [0.2, 0.25) is 0 Å². The molecular formula is C8H13NO. The number of aldehydes is 1. The van der Waals surface area contributed by atoms with Crippen LogP contribution in [0.25, 0.3) is 0 Å². The van der Waals surface area contributed by atoms with Crippen LogP contribution in [-0.4, -0.2) is 12.0 Å². The monoisotopic (exact) mass is 139 g/mol. The number of allylic oxidation sites excluding steroid dienone is 2. The molecule has 0 rings (SSSR count). The van der Waals surface area contributed by atoms with E-state index in [0.29, 0.717) is 11.3 Å². The number of hydrogen-bond acceptors (Lipinski definition) is 2. The van der Waals surface area contributed by atoms with Gasteiger partial charge in [-0.1, -0.05) is 13.3 Å². The summed E-state index contributed by atoms with van der Waals surface area (Å²) >= 11 is 0. The number of rotatable bonds is 4. The third kappa shape index (κ3) is 4.01. The fourth-order valence-electron chi connectivity index (χ4n) is 0.650. The van der Waals surface area contributed by atoms with Crippen molar-refractivity contribution < 1.29 is 4.79 Å². The Kier molecular flexibility index (Phi) is 4.46. The number of hydrogen-bond donors (Lipinski definition) is 1. The highest BCUT2D eigenvalue weighted by Crippen LogP contribution is 1.94. The molecule has 2 heteroatoms. The molecule has 0 saturated carbocycles. The van der Waals surface area contributed by atoms with Gasteiger partial charge < -0.3 is 5.41 Å². The molecule has 0 aliphatic heterocycles. The predicted molar refractivity (Wildman–Crippen MR) is 42.5 cm³/mol. The average Bonchev–Trinajstić information content (AvgIpc) is 1.88. The first-order chi connectivity index (χ1) is 4.70. The van der Waals surface area contributed by atoms with Crippen molar-refractivity contribution in [1.82, 2.24) is 0 Å². The zero-order chi connectivity index (χ0) is 7.98. The Morgan fingerprint density at radius 1 is 1.60 bits per heavy atom. The Labute approximate surface area is 61.5 Å². The molecule has 0 heterocycles. The summed E-state index contributed by atoms with van der Waals surface area (Å²) in [6.45, 7) is 3.72. The fraction of sp³-hybridized carbons (Fsp3) is 0.500. The summed E-state index contributed by atoms with van der Waals surface area (Å²) in [5.41, 5.74) is 1.16. The van der Waals surface area contributed by atoms with Crippen LogP contribution in [0.1, 0.15) is 26.7 Å². The van der Waals surface area contributed by atoms with E-state index in [2.05, 4.69) is 0 Å². The molecule has 0 aliphatic rings. The van der Waals surface area contributed by atoms with E-state index in [1.807, 2.05) is 6.92 Å². The van der Waals surface area contributed by atoms with Gasteiger partial charge >= 0.3 is 0 Å². The molecule has 1 N–H and O–H groups in total. The van der Waals surface area contributed by atoms with Crippen LogP contribution in [0.2, 0.25) is 0 Å². The van der Waals surface area contributed by atoms with Gasteiger partial charge in [-0.2, -0.15) is 0 Å². The van der Waals surface area contributed by atoms with E-state index in [4.69, 9.17) is 5.41 Å². The molecule has 0 bridgehead atoms. The van der Waals surface area contributed by atoms with Crippen LogP contribution >= 0.6 is 0 Å². The molecule has 0 amide bonds. The van der Waals surface area contributed by atoms with E-state index in [1.54, 1.807) is 13.0 Å². The van der Waals surface area contributed by atoms with Crippen molar-refractivity contribution in [3.05, 3.63) is 11.6 Å². The summed E-state index contributed by atoms with van der Waals surface area (Å²) in [5, 5.41) is 7.29. The SMILES string of the molecule is CCCC(=N)C=C(C)C=O. The maximum absolute atomic E-state index is 10.1. The minimum absolute atomic E-state index is 0.534. The lowest BCUT2D eigenvalue weighted by Gasteiger charge is -1.92. The van der Waals surface area contributed by atoms with Crippen LogP contribution in [0.4, 0.5) is 0 Å². The maximum atomic E-state index is 10.1. The van der Waals surface area contributed by atoms with Crippen molar-refractivity contribution in [2.75, 3.05) is 0 Å². The lowest BCUT2D eigenvalue weighted by Crippen LogP contribution is -1.91. The molecule has 0 fully saturated rings. The van der Waals surface area contributed by atoms with E-state index in [-0.39, 0.29) is 0 Å². The topological polar surface area (TPSA) is 40.9 Å². The van der Waals surface area contributed by atoms with Gasteiger partial charge in [-0.05, 0) is 25.0 Å². The van der Waals surface area contributed by atoms with Crippen molar-refractivity contribution >= 4 is 12.0 Å². The molecule has 0 radical (unpaired) electrons. The Hall–Kier alpha value is -0.920. The molecule has 0 aromatic heterocycles. The molecule has 0 aromatic carbocycles. The zero-order valence-corrected chi connectivity index (χ0v) is 6.48. The second-order valence-corrected chi connectivity index (χ2v) is 2.28. The van der Waals surface area contributed by atoms with Crippen molar-refractivity contribution in [3.63, 3.8) is 0 Å². The molecule has 0 unspecified atom stereocenters. The summed E-state index contributed by atoms with van der Waals surface area (Å²) < 4.78 is 0. The molecular weight excluding hydrogens is 126 g/mol. The van der Waals surface area contributed by atoms with Gasteiger partial charge in [-0.25, -0.2) is 0 Å². The maximum Gasteiger partial charge on any atom is 0.145 e. The quantitative estimate of drug-likeness (QED) is 0.361. The largest absolute Gasteiger partial charge is 0.305 e. The van der Waals surface area contributed by atoms with Gasteiger partial charge in [0.15, 0.2) is 0 Å². The highest BCUT2D eigenvalue weighted by molar-refractivity contribution is 5.96. The third-order valence-electron chi connectivity index (χ3n) is 1.11. The Morgan fingerprint density at radius 3 is 2.60 bits per heavy atom. The van der Waals surface area contributed by atoms with E-state index in [9.17, 15) is 4.79 Å². The van der Waals surface area contributed by atoms with E-state index in [1.165, 1.54) is 0 Å². The molecule has 0 aliphatic carbocycles. The fourth-order valence-corrected chi connectivity index (χ4v) is 0.650. The molecule has 0 saturated heterocycles. The van der Waals surface area contributed by atoms with Gasteiger partial charge in [-0.3, -0.25) is 4.79 Å². The molecule has 56 valence electrons. The van der Waals surface area contributed by atoms with Gasteiger partial charge in [0.25, 0.3) is 0 Å². The summed E-state index contributed by atoms with van der Waals surface area (Å²) in [5.74, 6) is 0. The van der Waals surface area contributed by atoms with Crippen LogP contribution in [-0.2, 0) is 4.79 Å². The normalized spacial score (nSPS) is 11.2. The van der Waals surface area contributed by atoms with E-state index >= 15 is 0 Å². The van der Waals surface area contributed by atoms with Gasteiger partial charge in [0, 0.05) is 5.71 Å². The number of nitrogens with one attached hydrogen (secondary N) is 1. The second-order valence-electron chi connectivity index (χ2n) is 2.28. The van der Waals surface area contributed by atoms with Gasteiger partial charge in [0.05, 0.1) is 0 Å². The summed E-state index contributed by atoms with van der Waals surface area (Å²) in [6.07, 6.45) is 4.09. The minimum Gasteiger partial charge on any atom is -0.305 e. The molecule has 2 nitrogen and oxygen atoms in total. The summed E-state index contributed by atoms with van der Waals surface area (Å²) in [7, 11) is 0. The van der Waals surface area contributed by atoms with Crippen LogP contribution in [0.5, 0.6) is 0 Å². The smallest absolute Gasteiger partial charge is 0.145 e. The average molecular weight is 139 g/mol. The van der Waals surface area contributed by atoms with Crippen molar-refractivity contribution in [2.45, 2.75) is 26.7 Å². The van der Waals surface area contributed by atoms with Crippen LogP contribution in [0, 0.1) is 5.41 Å². The molecule has 0 aromatic rings. The first kappa shape index (κ1) is 9.08. The first-order valence-corrected chi connectivity index (χ1v) is 3.41.